The van der Waals surface area contributed by atoms with Crippen molar-refractivity contribution >= 4 is 24.3 Å². The van der Waals surface area contributed by atoms with Crippen molar-refractivity contribution in [2.24, 2.45) is 0 Å². The Hall–Kier alpha value is -2.07. The van der Waals surface area contributed by atoms with Crippen LogP contribution in [-0.4, -0.2) is 17.5 Å². The minimum atomic E-state index is -0.628. The van der Waals surface area contributed by atoms with E-state index >= 15 is 0 Å². The first-order valence-electron chi connectivity index (χ1n) is 5.06. The van der Waals surface area contributed by atoms with E-state index in [9.17, 15) is 14.9 Å². The molecule has 1 aromatic carbocycles. The molecule has 0 fully saturated rings. The molecule has 1 aromatic rings. The van der Waals surface area contributed by atoms with Gasteiger partial charge in [-0.05, 0) is 12.5 Å². The first kappa shape index (κ1) is 14.0. The largest absolute Gasteiger partial charge is 0.466 e. The smallest absolute Gasteiger partial charge is 0.310 e. The van der Waals surface area contributed by atoms with Crippen LogP contribution in [0.1, 0.15) is 18.1 Å². The van der Waals surface area contributed by atoms with E-state index < -0.39 is 10.9 Å². The van der Waals surface area contributed by atoms with E-state index in [4.69, 9.17) is 10.00 Å². The molecule has 0 radical (unpaired) electrons. The van der Waals surface area contributed by atoms with Crippen molar-refractivity contribution < 1.29 is 14.5 Å². The minimum Gasteiger partial charge on any atom is -0.466 e. The Labute approximate surface area is 109 Å². The average Bonchev–Trinajstić information content (AvgIpc) is 2.29. The first-order valence-corrected chi connectivity index (χ1v) is 5.51. The van der Waals surface area contributed by atoms with Gasteiger partial charge in [0, 0.05) is 6.07 Å². The number of esters is 1. The monoisotopic (exact) mass is 266 g/mol. The number of carbonyl (C=O) groups is 1. The molecule has 0 bridgehead atoms. The molecule has 0 aliphatic rings. The summed E-state index contributed by atoms with van der Waals surface area (Å²) in [4.78, 5) is 21.3. The maximum atomic E-state index is 11.3. The molecule has 7 heteroatoms. The number of nitriles is 1. The van der Waals surface area contributed by atoms with Gasteiger partial charge in [0.15, 0.2) is 0 Å². The van der Waals surface area contributed by atoms with Gasteiger partial charge in [-0.15, -0.1) is 12.6 Å². The summed E-state index contributed by atoms with van der Waals surface area (Å²) in [5.74, 6) is -0.490. The van der Waals surface area contributed by atoms with Crippen LogP contribution < -0.4 is 0 Å². The molecule has 94 valence electrons. The lowest BCUT2D eigenvalue weighted by Crippen LogP contribution is -2.09. The normalized spacial score (nSPS) is 9.61. The van der Waals surface area contributed by atoms with E-state index in [1.807, 2.05) is 6.07 Å². The lowest BCUT2D eigenvalue weighted by molar-refractivity contribution is -0.387. The first-order chi connectivity index (χ1) is 8.51. The number of nitro benzene ring substituents is 1. The van der Waals surface area contributed by atoms with Gasteiger partial charge in [0.2, 0.25) is 0 Å². The van der Waals surface area contributed by atoms with Crippen molar-refractivity contribution in [3.8, 4) is 6.07 Å². The summed E-state index contributed by atoms with van der Waals surface area (Å²) in [6, 6.07) is 4.41. The van der Waals surface area contributed by atoms with E-state index in [0.29, 0.717) is 5.56 Å². The number of thiol groups is 1. The zero-order valence-corrected chi connectivity index (χ0v) is 10.4. The molecule has 18 heavy (non-hydrogen) atoms. The second-order valence-corrected chi connectivity index (χ2v) is 3.77. The fourth-order valence-electron chi connectivity index (χ4n) is 1.41. The molecule has 6 nitrogen and oxygen atoms in total. The lowest BCUT2D eigenvalue weighted by Gasteiger charge is -2.06. The van der Waals surface area contributed by atoms with Crippen LogP contribution in [0.15, 0.2) is 17.0 Å². The molecule has 0 aliphatic heterocycles. The number of hydrogen-bond donors (Lipinski definition) is 1. The molecule has 0 amide bonds. The summed E-state index contributed by atoms with van der Waals surface area (Å²) in [5, 5.41) is 19.7. The van der Waals surface area contributed by atoms with Crippen molar-refractivity contribution in [2.75, 3.05) is 6.61 Å². The zero-order chi connectivity index (χ0) is 13.7. The van der Waals surface area contributed by atoms with Crippen molar-refractivity contribution in [1.82, 2.24) is 0 Å². The number of nitrogens with zero attached hydrogens (tertiary/aromatic N) is 2. The summed E-state index contributed by atoms with van der Waals surface area (Å²) < 4.78 is 4.76. The number of hydrogen-bond acceptors (Lipinski definition) is 6. The summed E-state index contributed by atoms with van der Waals surface area (Å²) in [6.45, 7) is 1.91. The van der Waals surface area contributed by atoms with Crippen LogP contribution in [0.4, 0.5) is 5.69 Å². The second-order valence-electron chi connectivity index (χ2n) is 3.32. The highest BCUT2D eigenvalue weighted by atomic mass is 32.1. The van der Waals surface area contributed by atoms with Gasteiger partial charge in [-0.25, -0.2) is 0 Å². The predicted octanol–water partition coefficient (Wildman–Crippen LogP) is 1.86. The van der Waals surface area contributed by atoms with Crippen LogP contribution in [0.5, 0.6) is 0 Å². The van der Waals surface area contributed by atoms with E-state index in [2.05, 4.69) is 12.6 Å². The Kier molecular flexibility index (Phi) is 4.68. The van der Waals surface area contributed by atoms with Crippen LogP contribution in [0, 0.1) is 21.4 Å². The van der Waals surface area contributed by atoms with Crippen molar-refractivity contribution in [3.63, 3.8) is 0 Å². The van der Waals surface area contributed by atoms with E-state index in [-0.39, 0.29) is 29.2 Å². The molecule has 0 aromatic heterocycles. The molecule has 0 heterocycles. The van der Waals surface area contributed by atoms with Crippen LogP contribution in [0.25, 0.3) is 0 Å². The maximum Gasteiger partial charge on any atom is 0.310 e. The molecule has 0 aliphatic carbocycles. The summed E-state index contributed by atoms with van der Waals surface area (Å²) in [6.07, 6.45) is -0.109. The van der Waals surface area contributed by atoms with Crippen LogP contribution in [0.3, 0.4) is 0 Å². The summed E-state index contributed by atoms with van der Waals surface area (Å²) in [7, 11) is 0. The third-order valence-electron chi connectivity index (χ3n) is 2.19. The minimum absolute atomic E-state index is 0.0283. The SMILES string of the molecule is CCOC(=O)Cc1ccc([N+](=O)[O-])c(S)c1C#N. The van der Waals surface area contributed by atoms with Gasteiger partial charge < -0.3 is 4.74 Å². The Balaban J connectivity index is 3.16. The fraction of sp³-hybridized carbons (Fsp3) is 0.273. The average molecular weight is 266 g/mol. The number of carbonyl (C=O) groups excluding carboxylic acids is 1. The number of benzene rings is 1. The molecule has 0 saturated carbocycles. The van der Waals surface area contributed by atoms with Gasteiger partial charge in [-0.3, -0.25) is 14.9 Å². The van der Waals surface area contributed by atoms with Gasteiger partial charge in [0.1, 0.15) is 11.0 Å². The predicted molar refractivity (Wildman–Crippen MR) is 65.4 cm³/mol. The van der Waals surface area contributed by atoms with Crippen LogP contribution in [0.2, 0.25) is 0 Å². The quantitative estimate of drug-likeness (QED) is 0.388. The molecular weight excluding hydrogens is 256 g/mol. The summed E-state index contributed by atoms with van der Waals surface area (Å²) >= 11 is 3.96. The van der Waals surface area contributed by atoms with Crippen molar-refractivity contribution in [3.05, 3.63) is 33.4 Å². The molecule has 0 N–H and O–H groups in total. The van der Waals surface area contributed by atoms with Crippen molar-refractivity contribution in [1.29, 1.82) is 5.26 Å². The molecule has 0 saturated heterocycles. The van der Waals surface area contributed by atoms with Gasteiger partial charge in [0.05, 0.1) is 23.5 Å². The van der Waals surface area contributed by atoms with Crippen LogP contribution >= 0.6 is 12.6 Å². The molecule has 0 spiro atoms. The highest BCUT2D eigenvalue weighted by molar-refractivity contribution is 7.80. The van der Waals surface area contributed by atoms with Crippen molar-refractivity contribution in [2.45, 2.75) is 18.2 Å². The van der Waals surface area contributed by atoms with Gasteiger partial charge >= 0.3 is 5.97 Å². The Morgan fingerprint density at radius 1 is 1.61 bits per heavy atom. The Morgan fingerprint density at radius 3 is 2.78 bits per heavy atom. The Bertz CT molecular complexity index is 537. The van der Waals surface area contributed by atoms with Gasteiger partial charge in [-0.1, -0.05) is 6.07 Å². The maximum absolute atomic E-state index is 11.3. The highest BCUT2D eigenvalue weighted by Crippen LogP contribution is 2.28. The third-order valence-corrected chi connectivity index (χ3v) is 2.64. The Morgan fingerprint density at radius 2 is 2.28 bits per heavy atom. The van der Waals surface area contributed by atoms with E-state index in [1.54, 1.807) is 6.92 Å². The van der Waals surface area contributed by atoms with E-state index in [1.165, 1.54) is 12.1 Å². The molecule has 0 atom stereocenters. The second kappa shape index (κ2) is 6.02. The topological polar surface area (TPSA) is 93.2 Å². The molecule has 0 unspecified atom stereocenters. The number of ether oxygens (including phenoxy) is 1. The summed E-state index contributed by atoms with van der Waals surface area (Å²) in [5.41, 5.74) is 0.134. The molecular formula is C11H10N2O4S. The standard InChI is InChI=1S/C11H10N2O4S/c1-2-17-10(14)5-7-3-4-9(13(15)16)11(18)8(7)6-12/h3-4,18H,2,5H2,1H3. The number of rotatable bonds is 4. The van der Waals surface area contributed by atoms with Crippen LogP contribution in [-0.2, 0) is 16.0 Å². The molecule has 1 rings (SSSR count). The lowest BCUT2D eigenvalue weighted by atomic mass is 10.0. The van der Waals surface area contributed by atoms with Gasteiger partial charge in [-0.2, -0.15) is 5.26 Å². The third kappa shape index (κ3) is 2.99. The zero-order valence-electron chi connectivity index (χ0n) is 9.54. The van der Waals surface area contributed by atoms with Gasteiger partial charge in [0.25, 0.3) is 5.69 Å². The number of nitro groups is 1. The van der Waals surface area contributed by atoms with E-state index in [0.717, 1.165) is 0 Å². The highest BCUT2D eigenvalue weighted by Gasteiger charge is 2.19. The fourth-order valence-corrected chi connectivity index (χ4v) is 1.76.